The summed E-state index contributed by atoms with van der Waals surface area (Å²) in [4.78, 5) is 9.96. The summed E-state index contributed by atoms with van der Waals surface area (Å²) < 4.78 is 11.4. The van der Waals surface area contributed by atoms with Gasteiger partial charge in [-0.1, -0.05) is 0 Å². The molecule has 3 nitrogen and oxygen atoms in total. The molecule has 0 saturated heterocycles. The van der Waals surface area contributed by atoms with Crippen LogP contribution in [0.4, 0.5) is 4.39 Å². The SMILES string of the molecule is N[C@H](CCCF)C(=O)O. The Morgan fingerprint density at radius 2 is 2.33 bits per heavy atom. The predicted molar refractivity (Wildman–Crippen MR) is 30.8 cm³/mol. The molecule has 0 bridgehead atoms. The molecule has 0 aromatic carbocycles. The number of nitrogens with two attached hydrogens (primary N) is 1. The Kier molecular flexibility index (Phi) is 3.96. The number of hydrogen-bond acceptors (Lipinski definition) is 2. The zero-order valence-corrected chi connectivity index (χ0v) is 5.01. The van der Waals surface area contributed by atoms with Crippen LogP contribution in [-0.2, 0) is 4.79 Å². The number of alkyl halides is 1. The van der Waals surface area contributed by atoms with Crippen molar-refractivity contribution in [1.82, 2.24) is 0 Å². The highest BCUT2D eigenvalue weighted by molar-refractivity contribution is 5.72. The third kappa shape index (κ3) is 3.90. The summed E-state index contributed by atoms with van der Waals surface area (Å²) in [6.45, 7) is -0.499. The van der Waals surface area contributed by atoms with E-state index >= 15 is 0 Å². The minimum atomic E-state index is -1.07. The smallest absolute Gasteiger partial charge is 0.320 e. The standard InChI is InChI=1S/C5H10FNO2/c6-3-1-2-4(7)5(8)9/h4H,1-3,7H2,(H,8,9)/t4-/m1/s1. The molecule has 1 atom stereocenters. The van der Waals surface area contributed by atoms with Gasteiger partial charge >= 0.3 is 5.97 Å². The lowest BCUT2D eigenvalue weighted by molar-refractivity contribution is -0.138. The van der Waals surface area contributed by atoms with E-state index in [1.807, 2.05) is 0 Å². The largest absolute Gasteiger partial charge is 0.480 e. The molecule has 0 radical (unpaired) electrons. The van der Waals surface area contributed by atoms with Crippen LogP contribution < -0.4 is 5.73 Å². The first kappa shape index (κ1) is 8.36. The van der Waals surface area contributed by atoms with Crippen molar-refractivity contribution in [2.45, 2.75) is 18.9 Å². The summed E-state index contributed by atoms with van der Waals surface area (Å²) in [5, 5.41) is 8.16. The van der Waals surface area contributed by atoms with Crippen molar-refractivity contribution in [2.75, 3.05) is 6.67 Å². The first-order chi connectivity index (χ1) is 4.18. The number of hydrogen-bond donors (Lipinski definition) is 2. The summed E-state index contributed by atoms with van der Waals surface area (Å²) in [5.74, 6) is -1.07. The van der Waals surface area contributed by atoms with Crippen molar-refractivity contribution < 1.29 is 14.3 Å². The number of carbonyl (C=O) groups is 1. The molecule has 0 aromatic heterocycles. The zero-order valence-electron chi connectivity index (χ0n) is 5.01. The van der Waals surface area contributed by atoms with Crippen molar-refractivity contribution in [3.05, 3.63) is 0 Å². The number of rotatable bonds is 4. The summed E-state index contributed by atoms with van der Waals surface area (Å²) in [6.07, 6.45) is 0.444. The highest BCUT2D eigenvalue weighted by Crippen LogP contribution is 1.93. The summed E-state index contributed by atoms with van der Waals surface area (Å²) >= 11 is 0. The molecule has 54 valence electrons. The van der Waals surface area contributed by atoms with Gasteiger partial charge in [-0.25, -0.2) is 0 Å². The minimum absolute atomic E-state index is 0.214. The number of carboxylic acids is 1. The van der Waals surface area contributed by atoms with Crippen LogP contribution in [0.1, 0.15) is 12.8 Å². The Labute approximate surface area is 52.7 Å². The molecule has 3 N–H and O–H groups in total. The van der Waals surface area contributed by atoms with E-state index in [0.29, 0.717) is 0 Å². The van der Waals surface area contributed by atoms with Crippen molar-refractivity contribution in [1.29, 1.82) is 0 Å². The van der Waals surface area contributed by atoms with E-state index < -0.39 is 18.7 Å². The summed E-state index contributed by atoms with van der Waals surface area (Å²) in [7, 11) is 0. The fourth-order valence-corrected chi connectivity index (χ4v) is 0.421. The number of aliphatic carboxylic acids is 1. The highest BCUT2D eigenvalue weighted by atomic mass is 19.1. The molecule has 0 heterocycles. The van der Waals surface area contributed by atoms with Gasteiger partial charge in [0.2, 0.25) is 0 Å². The Morgan fingerprint density at radius 1 is 1.78 bits per heavy atom. The van der Waals surface area contributed by atoms with E-state index in [2.05, 4.69) is 0 Å². The minimum Gasteiger partial charge on any atom is -0.480 e. The predicted octanol–water partition coefficient (Wildman–Crippen LogP) is 0.148. The Hall–Kier alpha value is -0.640. The normalized spacial score (nSPS) is 13.1. The van der Waals surface area contributed by atoms with Gasteiger partial charge in [-0.2, -0.15) is 0 Å². The van der Waals surface area contributed by atoms with Crippen LogP contribution in [-0.4, -0.2) is 23.8 Å². The van der Waals surface area contributed by atoms with E-state index in [1.165, 1.54) is 0 Å². The first-order valence-electron chi connectivity index (χ1n) is 2.73. The van der Waals surface area contributed by atoms with Gasteiger partial charge in [-0.15, -0.1) is 0 Å². The second-order valence-electron chi connectivity index (χ2n) is 1.78. The lowest BCUT2D eigenvalue weighted by Crippen LogP contribution is -2.29. The van der Waals surface area contributed by atoms with Gasteiger partial charge in [0.1, 0.15) is 6.04 Å². The molecule has 0 aliphatic carbocycles. The average Bonchev–Trinajstić information content (AvgIpc) is 1.82. The molecule has 0 saturated carbocycles. The number of halogens is 1. The molecule has 0 rings (SSSR count). The average molecular weight is 135 g/mol. The highest BCUT2D eigenvalue weighted by Gasteiger charge is 2.09. The Bertz CT molecular complexity index is 97.0. The third-order valence-corrected chi connectivity index (χ3v) is 0.966. The van der Waals surface area contributed by atoms with Crippen molar-refractivity contribution in [3.8, 4) is 0 Å². The third-order valence-electron chi connectivity index (χ3n) is 0.966. The lowest BCUT2D eigenvalue weighted by atomic mass is 10.2. The fraction of sp³-hybridized carbons (Fsp3) is 0.800. The van der Waals surface area contributed by atoms with Gasteiger partial charge in [0.05, 0.1) is 6.67 Å². The maximum atomic E-state index is 11.4. The van der Waals surface area contributed by atoms with E-state index in [4.69, 9.17) is 10.8 Å². The van der Waals surface area contributed by atoms with Gasteiger partial charge in [-0.3, -0.25) is 9.18 Å². The summed E-state index contributed by atoms with van der Waals surface area (Å²) in [6, 6.07) is -0.902. The molecule has 0 aliphatic rings. The van der Waals surface area contributed by atoms with Crippen LogP contribution in [0.5, 0.6) is 0 Å². The second-order valence-corrected chi connectivity index (χ2v) is 1.78. The molecule has 0 fully saturated rings. The van der Waals surface area contributed by atoms with Crippen LogP contribution in [0.25, 0.3) is 0 Å². The molecule has 9 heavy (non-hydrogen) atoms. The molecule has 0 aromatic rings. The molecular formula is C5H10FNO2. The number of carboxylic acid groups (broad SMARTS) is 1. The van der Waals surface area contributed by atoms with Crippen molar-refractivity contribution >= 4 is 5.97 Å². The van der Waals surface area contributed by atoms with Gasteiger partial charge in [0.15, 0.2) is 0 Å². The summed E-state index contributed by atoms with van der Waals surface area (Å²) in [5.41, 5.74) is 5.04. The van der Waals surface area contributed by atoms with Crippen LogP contribution in [0, 0.1) is 0 Å². The van der Waals surface area contributed by atoms with Crippen molar-refractivity contribution in [3.63, 3.8) is 0 Å². The van der Waals surface area contributed by atoms with E-state index in [9.17, 15) is 9.18 Å². The van der Waals surface area contributed by atoms with Gasteiger partial charge in [-0.05, 0) is 12.8 Å². The van der Waals surface area contributed by atoms with Crippen LogP contribution >= 0.6 is 0 Å². The van der Waals surface area contributed by atoms with E-state index in [1.54, 1.807) is 0 Å². The van der Waals surface area contributed by atoms with Crippen LogP contribution in [0.15, 0.2) is 0 Å². The topological polar surface area (TPSA) is 63.3 Å². The molecule has 4 heteroatoms. The second kappa shape index (κ2) is 4.26. The lowest BCUT2D eigenvalue weighted by Gasteiger charge is -2.01. The zero-order chi connectivity index (χ0) is 7.28. The first-order valence-corrected chi connectivity index (χ1v) is 2.73. The maximum absolute atomic E-state index is 11.4. The monoisotopic (exact) mass is 135 g/mol. The molecule has 0 unspecified atom stereocenters. The Balaban J connectivity index is 3.27. The van der Waals surface area contributed by atoms with Gasteiger partial charge in [0, 0.05) is 0 Å². The van der Waals surface area contributed by atoms with Gasteiger partial charge < -0.3 is 10.8 Å². The fourth-order valence-electron chi connectivity index (χ4n) is 0.421. The molecule has 0 spiro atoms. The molecular weight excluding hydrogens is 125 g/mol. The molecule has 0 amide bonds. The van der Waals surface area contributed by atoms with Crippen molar-refractivity contribution in [2.24, 2.45) is 5.73 Å². The van der Waals surface area contributed by atoms with Gasteiger partial charge in [0.25, 0.3) is 0 Å². The Morgan fingerprint density at radius 3 is 2.67 bits per heavy atom. The molecule has 0 aliphatic heterocycles. The van der Waals surface area contributed by atoms with Crippen LogP contribution in [0.3, 0.4) is 0 Å². The van der Waals surface area contributed by atoms with E-state index in [-0.39, 0.29) is 12.8 Å². The maximum Gasteiger partial charge on any atom is 0.320 e. The van der Waals surface area contributed by atoms with Crippen LogP contribution in [0.2, 0.25) is 0 Å². The van der Waals surface area contributed by atoms with E-state index in [0.717, 1.165) is 0 Å². The quantitative estimate of drug-likeness (QED) is 0.576.